The van der Waals surface area contributed by atoms with E-state index in [0.29, 0.717) is 6.61 Å². The van der Waals surface area contributed by atoms with Crippen molar-refractivity contribution in [1.29, 1.82) is 0 Å². The zero-order valence-corrected chi connectivity index (χ0v) is 15.4. The van der Waals surface area contributed by atoms with Crippen molar-refractivity contribution < 1.29 is 18.9 Å². The highest BCUT2D eigenvalue weighted by Crippen LogP contribution is 2.42. The summed E-state index contributed by atoms with van der Waals surface area (Å²) in [6.07, 6.45) is 7.33. The van der Waals surface area contributed by atoms with Gasteiger partial charge in [-0.25, -0.2) is 0 Å². The van der Waals surface area contributed by atoms with E-state index < -0.39 is 5.79 Å². The first-order valence-electron chi connectivity index (χ1n) is 9.77. The minimum absolute atomic E-state index is 0.0612. The molecule has 138 valence electrons. The van der Waals surface area contributed by atoms with Crippen molar-refractivity contribution in [1.82, 2.24) is 0 Å². The molecule has 0 N–H and O–H groups in total. The molecule has 1 aromatic rings. The van der Waals surface area contributed by atoms with E-state index in [-0.39, 0.29) is 24.6 Å². The summed E-state index contributed by atoms with van der Waals surface area (Å²) in [6, 6.07) is 10.3. The van der Waals surface area contributed by atoms with Gasteiger partial charge in [-0.05, 0) is 31.7 Å². The Bertz CT molecular complexity index is 552. The number of hydrogen-bond acceptors (Lipinski definition) is 4. The molecule has 4 heteroatoms. The van der Waals surface area contributed by atoms with Crippen molar-refractivity contribution in [2.45, 2.75) is 89.4 Å². The molecule has 2 aliphatic heterocycles. The lowest BCUT2D eigenvalue weighted by atomic mass is 9.84. The van der Waals surface area contributed by atoms with Crippen molar-refractivity contribution in [3.05, 3.63) is 35.9 Å². The topological polar surface area (TPSA) is 36.9 Å². The highest BCUT2D eigenvalue weighted by atomic mass is 16.8. The van der Waals surface area contributed by atoms with Crippen LogP contribution in [0.25, 0.3) is 0 Å². The van der Waals surface area contributed by atoms with Crippen LogP contribution in [0.1, 0.15) is 57.9 Å². The number of fused-ring (bicyclic) bond motifs is 1. The fourth-order valence-corrected chi connectivity index (χ4v) is 4.46. The van der Waals surface area contributed by atoms with E-state index in [1.54, 1.807) is 0 Å². The van der Waals surface area contributed by atoms with Crippen molar-refractivity contribution in [3.63, 3.8) is 0 Å². The molecule has 25 heavy (non-hydrogen) atoms. The van der Waals surface area contributed by atoms with Crippen LogP contribution >= 0.6 is 0 Å². The molecule has 0 spiro atoms. The molecule has 1 saturated carbocycles. The smallest absolute Gasteiger partial charge is 0.190 e. The average molecular weight is 346 g/mol. The second-order valence-corrected chi connectivity index (χ2v) is 8.14. The number of benzene rings is 1. The number of hydrogen-bond donors (Lipinski definition) is 0. The third kappa shape index (κ3) is 4.08. The maximum absolute atomic E-state index is 6.32. The van der Waals surface area contributed by atoms with E-state index in [1.165, 1.54) is 37.7 Å². The van der Waals surface area contributed by atoms with Crippen molar-refractivity contribution in [2.24, 2.45) is 5.92 Å². The normalized spacial score (nSPS) is 35.0. The molecule has 4 rings (SSSR count). The molecule has 1 aromatic carbocycles. The maximum Gasteiger partial charge on any atom is 0.190 e. The van der Waals surface area contributed by atoms with Crippen LogP contribution < -0.4 is 0 Å². The van der Waals surface area contributed by atoms with Crippen LogP contribution in [0.4, 0.5) is 0 Å². The van der Waals surface area contributed by atoms with Crippen LogP contribution in [-0.2, 0) is 25.6 Å². The largest absolute Gasteiger partial charge is 0.368 e. The summed E-state index contributed by atoms with van der Waals surface area (Å²) in [5.41, 5.74) is 1.18. The van der Waals surface area contributed by atoms with Crippen LogP contribution in [0.5, 0.6) is 0 Å². The third-order valence-corrected chi connectivity index (χ3v) is 5.66. The molecular formula is C21H30O4. The van der Waals surface area contributed by atoms with E-state index in [4.69, 9.17) is 18.9 Å². The van der Waals surface area contributed by atoms with Gasteiger partial charge >= 0.3 is 0 Å². The Labute approximate surface area is 150 Å². The van der Waals surface area contributed by atoms with Crippen molar-refractivity contribution in [2.75, 3.05) is 0 Å². The summed E-state index contributed by atoms with van der Waals surface area (Å²) >= 11 is 0. The summed E-state index contributed by atoms with van der Waals surface area (Å²) in [4.78, 5) is 0. The fourth-order valence-electron chi connectivity index (χ4n) is 4.46. The summed E-state index contributed by atoms with van der Waals surface area (Å²) in [6.45, 7) is 4.47. The minimum atomic E-state index is -0.598. The standard InChI is InChI=1S/C21H30O4/c1-21(2)24-19-18(22-14-16-11-7-4-8-12-16)17(23-20(19)25-21)13-15-9-5-3-6-10-15/h4,7-8,11-12,15,17-20H,3,5-6,9-10,13-14H2,1-2H3/t17-,18-,19-,20-/m1/s1. The van der Waals surface area contributed by atoms with Gasteiger partial charge in [0.1, 0.15) is 12.2 Å². The van der Waals surface area contributed by atoms with Gasteiger partial charge in [-0.1, -0.05) is 62.4 Å². The summed E-state index contributed by atoms with van der Waals surface area (Å²) < 4.78 is 24.6. The second-order valence-electron chi connectivity index (χ2n) is 8.14. The van der Waals surface area contributed by atoms with E-state index in [1.807, 2.05) is 32.0 Å². The fraction of sp³-hybridized carbons (Fsp3) is 0.714. The highest BCUT2D eigenvalue weighted by molar-refractivity contribution is 5.13. The zero-order valence-electron chi connectivity index (χ0n) is 15.4. The molecule has 0 unspecified atom stereocenters. The van der Waals surface area contributed by atoms with Crippen LogP contribution in [0.15, 0.2) is 30.3 Å². The Morgan fingerprint density at radius 3 is 2.56 bits per heavy atom. The predicted molar refractivity (Wildman–Crippen MR) is 94.9 cm³/mol. The Kier molecular flexibility index (Phi) is 5.14. The molecule has 2 heterocycles. The van der Waals surface area contributed by atoms with E-state index in [0.717, 1.165) is 12.3 Å². The molecule has 0 radical (unpaired) electrons. The van der Waals surface area contributed by atoms with Crippen LogP contribution in [0.3, 0.4) is 0 Å². The maximum atomic E-state index is 6.32. The Hall–Kier alpha value is -0.940. The van der Waals surface area contributed by atoms with Crippen LogP contribution in [0, 0.1) is 5.92 Å². The zero-order chi connectivity index (χ0) is 17.3. The third-order valence-electron chi connectivity index (χ3n) is 5.66. The van der Waals surface area contributed by atoms with Crippen LogP contribution in [-0.4, -0.2) is 30.4 Å². The molecule has 1 aliphatic carbocycles. The molecule has 2 saturated heterocycles. The monoisotopic (exact) mass is 346 g/mol. The van der Waals surface area contributed by atoms with Gasteiger partial charge in [0.15, 0.2) is 12.1 Å². The Morgan fingerprint density at radius 1 is 1.04 bits per heavy atom. The molecule has 3 fully saturated rings. The molecule has 0 bridgehead atoms. The lowest BCUT2D eigenvalue weighted by Crippen LogP contribution is -2.37. The first-order chi connectivity index (χ1) is 12.1. The lowest BCUT2D eigenvalue weighted by Gasteiger charge is -2.29. The quantitative estimate of drug-likeness (QED) is 0.791. The first kappa shape index (κ1) is 17.5. The van der Waals surface area contributed by atoms with E-state index >= 15 is 0 Å². The van der Waals surface area contributed by atoms with Crippen LogP contribution in [0.2, 0.25) is 0 Å². The van der Waals surface area contributed by atoms with Gasteiger partial charge in [-0.2, -0.15) is 0 Å². The minimum Gasteiger partial charge on any atom is -0.368 e. The molecule has 4 atom stereocenters. The molecule has 4 nitrogen and oxygen atoms in total. The van der Waals surface area contributed by atoms with Gasteiger partial charge in [0.05, 0.1) is 12.7 Å². The molecule has 0 aromatic heterocycles. The van der Waals surface area contributed by atoms with E-state index in [2.05, 4.69) is 12.1 Å². The van der Waals surface area contributed by atoms with Gasteiger partial charge in [0, 0.05) is 0 Å². The Balaban J connectivity index is 1.43. The van der Waals surface area contributed by atoms with Crippen molar-refractivity contribution in [3.8, 4) is 0 Å². The van der Waals surface area contributed by atoms with Gasteiger partial charge in [-0.3, -0.25) is 0 Å². The Morgan fingerprint density at radius 2 is 1.80 bits per heavy atom. The van der Waals surface area contributed by atoms with Crippen molar-refractivity contribution >= 4 is 0 Å². The van der Waals surface area contributed by atoms with E-state index in [9.17, 15) is 0 Å². The molecular weight excluding hydrogens is 316 g/mol. The van der Waals surface area contributed by atoms with Gasteiger partial charge in [0.25, 0.3) is 0 Å². The number of ether oxygens (including phenoxy) is 4. The first-order valence-corrected chi connectivity index (χ1v) is 9.77. The predicted octanol–water partition coefficient (Wildman–Crippen LogP) is 4.42. The lowest BCUT2D eigenvalue weighted by molar-refractivity contribution is -0.221. The molecule has 3 aliphatic rings. The van der Waals surface area contributed by atoms with Gasteiger partial charge in [0.2, 0.25) is 0 Å². The summed E-state index contributed by atoms with van der Waals surface area (Å²) in [5.74, 6) is 0.146. The van der Waals surface area contributed by atoms with Gasteiger partial charge < -0.3 is 18.9 Å². The SMILES string of the molecule is CC1(C)O[C@H]2O[C@H](CC3CCCCC3)[C@@H](OCc3ccccc3)[C@H]2O1. The molecule has 0 amide bonds. The number of rotatable bonds is 5. The highest BCUT2D eigenvalue weighted by Gasteiger charge is 2.55. The second kappa shape index (κ2) is 7.36. The summed E-state index contributed by atoms with van der Waals surface area (Å²) in [7, 11) is 0. The van der Waals surface area contributed by atoms with Gasteiger partial charge in [-0.15, -0.1) is 0 Å². The average Bonchev–Trinajstić information content (AvgIpc) is 3.06. The summed E-state index contributed by atoms with van der Waals surface area (Å²) in [5, 5.41) is 0.